The molecule has 5 nitrogen and oxygen atoms in total. The molecule has 7 heteroatoms. The molecule has 0 saturated carbocycles. The van der Waals surface area contributed by atoms with Gasteiger partial charge in [0.2, 0.25) is 0 Å². The molecule has 1 heterocycles. The maximum Gasteiger partial charge on any atom is 0.169 e. The number of ether oxygens (including phenoxy) is 1. The Morgan fingerprint density at radius 3 is 2.94 bits per heavy atom. The van der Waals surface area contributed by atoms with Crippen molar-refractivity contribution >= 4 is 33.3 Å². The van der Waals surface area contributed by atoms with Gasteiger partial charge in [0.25, 0.3) is 0 Å². The average Bonchev–Trinajstić information content (AvgIpc) is 2.66. The molecular weight excluding hydrogens is 316 g/mol. The number of nitrogens with one attached hydrogen (secondary N) is 1. The van der Waals surface area contributed by atoms with E-state index in [-0.39, 0.29) is 0 Å². The van der Waals surface area contributed by atoms with Gasteiger partial charge in [-0.25, -0.2) is 0 Å². The second-order valence-corrected chi connectivity index (χ2v) is 5.24. The van der Waals surface area contributed by atoms with Crippen molar-refractivity contribution in [3.8, 4) is 0 Å². The van der Waals surface area contributed by atoms with E-state index in [0.29, 0.717) is 6.54 Å². The lowest BCUT2D eigenvalue weighted by atomic mass is 10.4. The minimum atomic E-state index is 0.715. The number of halogens is 1. The summed E-state index contributed by atoms with van der Waals surface area (Å²) in [7, 11) is 5.58. The fourth-order valence-corrected chi connectivity index (χ4v) is 2.10. The summed E-state index contributed by atoms with van der Waals surface area (Å²) in [6, 6.07) is 0. The van der Waals surface area contributed by atoms with Crippen LogP contribution < -0.4 is 5.32 Å². The summed E-state index contributed by atoms with van der Waals surface area (Å²) in [6.07, 6.45) is 2.73. The predicted octanol–water partition coefficient (Wildman–Crippen LogP) is 1.53. The minimum Gasteiger partial charge on any atom is -0.385 e. The number of nitrogens with zero attached hydrogens (tertiary/aromatic N) is 3. The maximum atomic E-state index is 5.31. The lowest BCUT2D eigenvalue weighted by molar-refractivity contribution is 0.195. The third kappa shape index (κ3) is 4.55. The van der Waals surface area contributed by atoms with Crippen molar-refractivity contribution in [1.29, 1.82) is 0 Å². The van der Waals surface area contributed by atoms with E-state index < -0.39 is 0 Å². The van der Waals surface area contributed by atoms with Gasteiger partial charge < -0.3 is 15.0 Å². The summed E-state index contributed by atoms with van der Waals surface area (Å²) in [5.74, 6) is 0. The summed E-state index contributed by atoms with van der Waals surface area (Å²) >= 11 is 8.79. The van der Waals surface area contributed by atoms with Crippen molar-refractivity contribution in [1.82, 2.24) is 20.0 Å². The highest BCUT2D eigenvalue weighted by Crippen LogP contribution is 2.16. The molecule has 1 rings (SSSR count). The molecule has 0 fully saturated rings. The monoisotopic (exact) mass is 334 g/mol. The van der Waals surface area contributed by atoms with E-state index >= 15 is 0 Å². The Morgan fingerprint density at radius 2 is 2.39 bits per heavy atom. The molecule has 0 amide bonds. The zero-order valence-corrected chi connectivity index (χ0v) is 13.3. The lowest BCUT2D eigenvalue weighted by Crippen LogP contribution is -2.37. The second-order valence-electron chi connectivity index (χ2n) is 4.00. The quantitative estimate of drug-likeness (QED) is 0.631. The molecule has 0 radical (unpaired) electrons. The van der Waals surface area contributed by atoms with Gasteiger partial charge in [-0.2, -0.15) is 5.10 Å². The molecule has 0 aliphatic rings. The van der Waals surface area contributed by atoms with E-state index in [1.165, 1.54) is 0 Å². The van der Waals surface area contributed by atoms with Crippen LogP contribution in [0.3, 0.4) is 0 Å². The molecule has 1 aromatic rings. The summed E-state index contributed by atoms with van der Waals surface area (Å²) < 4.78 is 7.83. The van der Waals surface area contributed by atoms with Crippen LogP contribution in [0.15, 0.2) is 10.7 Å². The number of hydrogen-bond donors (Lipinski definition) is 1. The number of hydrogen-bond acceptors (Lipinski definition) is 3. The molecule has 1 N–H and O–H groups in total. The molecule has 0 spiro atoms. The van der Waals surface area contributed by atoms with Crippen molar-refractivity contribution in [3.63, 3.8) is 0 Å². The first kappa shape index (κ1) is 15.4. The van der Waals surface area contributed by atoms with Gasteiger partial charge in [-0.05, 0) is 34.6 Å². The summed E-state index contributed by atoms with van der Waals surface area (Å²) in [4.78, 5) is 1.99. The van der Waals surface area contributed by atoms with Crippen molar-refractivity contribution in [2.24, 2.45) is 7.05 Å². The molecule has 0 atom stereocenters. The van der Waals surface area contributed by atoms with Gasteiger partial charge >= 0.3 is 0 Å². The van der Waals surface area contributed by atoms with Gasteiger partial charge in [0.05, 0.1) is 22.9 Å². The van der Waals surface area contributed by atoms with Crippen LogP contribution in [-0.4, -0.2) is 47.1 Å². The second kappa shape index (κ2) is 7.70. The molecule has 18 heavy (non-hydrogen) atoms. The zero-order chi connectivity index (χ0) is 13.5. The first-order valence-corrected chi connectivity index (χ1v) is 6.90. The first-order chi connectivity index (χ1) is 8.56. The molecule has 0 aliphatic heterocycles. The van der Waals surface area contributed by atoms with Gasteiger partial charge in [0, 0.05) is 34.4 Å². The molecule has 0 unspecified atom stereocenters. The highest BCUT2D eigenvalue weighted by atomic mass is 79.9. The fourth-order valence-electron chi connectivity index (χ4n) is 1.46. The Kier molecular flexibility index (Phi) is 6.59. The summed E-state index contributed by atoms with van der Waals surface area (Å²) in [6.45, 7) is 2.28. The van der Waals surface area contributed by atoms with Crippen molar-refractivity contribution in [3.05, 3.63) is 16.4 Å². The molecule has 1 aromatic heterocycles. The Labute approximate surface area is 122 Å². The van der Waals surface area contributed by atoms with E-state index in [1.54, 1.807) is 13.3 Å². The van der Waals surface area contributed by atoms with Gasteiger partial charge in [0.15, 0.2) is 5.11 Å². The van der Waals surface area contributed by atoms with Crippen molar-refractivity contribution in [2.45, 2.75) is 13.0 Å². The number of methoxy groups -OCH3 is 1. The number of thiocarbonyl (C=S) groups is 1. The molecular formula is C11H19BrN4OS. The normalized spacial score (nSPS) is 10.4. The zero-order valence-electron chi connectivity index (χ0n) is 10.9. The Morgan fingerprint density at radius 1 is 1.67 bits per heavy atom. The SMILES string of the molecule is COCCCNC(=S)N(C)Cc1c(Br)cnn1C. The van der Waals surface area contributed by atoms with Crippen LogP contribution in [-0.2, 0) is 18.3 Å². The first-order valence-electron chi connectivity index (χ1n) is 5.70. The molecule has 102 valence electrons. The van der Waals surface area contributed by atoms with Crippen LogP contribution in [0.4, 0.5) is 0 Å². The maximum absolute atomic E-state index is 5.31. The molecule has 0 aromatic carbocycles. The number of aryl methyl sites for hydroxylation is 1. The van der Waals surface area contributed by atoms with Gasteiger partial charge in [0.1, 0.15) is 0 Å². The average molecular weight is 335 g/mol. The Balaban J connectivity index is 2.40. The Hall–Kier alpha value is -0.660. The predicted molar refractivity (Wildman–Crippen MR) is 79.5 cm³/mol. The highest BCUT2D eigenvalue weighted by Gasteiger charge is 2.10. The largest absolute Gasteiger partial charge is 0.385 e. The highest BCUT2D eigenvalue weighted by molar-refractivity contribution is 9.10. The molecule has 0 aliphatic carbocycles. The topological polar surface area (TPSA) is 42.3 Å². The van der Waals surface area contributed by atoms with Crippen LogP contribution >= 0.6 is 28.1 Å². The third-order valence-corrected chi connectivity index (χ3v) is 3.66. The number of aromatic nitrogens is 2. The summed E-state index contributed by atoms with van der Waals surface area (Å²) in [5.41, 5.74) is 1.10. The fraction of sp³-hybridized carbons (Fsp3) is 0.636. The van der Waals surface area contributed by atoms with Crippen LogP contribution in [0.5, 0.6) is 0 Å². The third-order valence-electron chi connectivity index (χ3n) is 2.55. The van der Waals surface area contributed by atoms with E-state index in [4.69, 9.17) is 17.0 Å². The van der Waals surface area contributed by atoms with Gasteiger partial charge in [-0.3, -0.25) is 4.68 Å². The van der Waals surface area contributed by atoms with Crippen molar-refractivity contribution < 1.29 is 4.74 Å². The van der Waals surface area contributed by atoms with Crippen LogP contribution in [0.25, 0.3) is 0 Å². The molecule has 0 saturated heterocycles. The Bertz CT molecular complexity index is 377. The van der Waals surface area contributed by atoms with E-state index in [2.05, 4.69) is 26.3 Å². The van der Waals surface area contributed by atoms with Gasteiger partial charge in [-0.1, -0.05) is 0 Å². The van der Waals surface area contributed by atoms with E-state index in [1.807, 2.05) is 23.7 Å². The number of rotatable bonds is 6. The lowest BCUT2D eigenvalue weighted by Gasteiger charge is -2.21. The van der Waals surface area contributed by atoms with Crippen LogP contribution in [0, 0.1) is 0 Å². The van der Waals surface area contributed by atoms with Crippen molar-refractivity contribution in [2.75, 3.05) is 27.3 Å². The van der Waals surface area contributed by atoms with Crippen LogP contribution in [0.2, 0.25) is 0 Å². The van der Waals surface area contributed by atoms with Crippen LogP contribution in [0.1, 0.15) is 12.1 Å². The molecule has 0 bridgehead atoms. The van der Waals surface area contributed by atoms with E-state index in [9.17, 15) is 0 Å². The van der Waals surface area contributed by atoms with E-state index in [0.717, 1.165) is 34.9 Å². The van der Waals surface area contributed by atoms with Gasteiger partial charge in [-0.15, -0.1) is 0 Å². The standard InChI is InChI=1S/C11H19BrN4OS/c1-15(11(18)13-5-4-6-17-3)8-10-9(12)7-14-16(10)2/h7H,4-6,8H2,1-3H3,(H,13,18). The smallest absolute Gasteiger partial charge is 0.169 e. The minimum absolute atomic E-state index is 0.715. The summed E-state index contributed by atoms with van der Waals surface area (Å²) in [5, 5.41) is 8.11.